The number of nitrogens with zero attached hydrogens (tertiary/aromatic N) is 1. The van der Waals surface area contributed by atoms with Gasteiger partial charge >= 0.3 is 0 Å². The minimum absolute atomic E-state index is 0.0708. The number of unbranched alkanes of at least 4 members (excludes halogenated alkanes) is 1. The van der Waals surface area contributed by atoms with Gasteiger partial charge in [0.05, 0.1) is 6.42 Å². The molecule has 3 aromatic carbocycles. The van der Waals surface area contributed by atoms with Crippen LogP contribution in [0.15, 0.2) is 78.9 Å². The number of carbonyl (C=O) groups is 2. The number of halogens is 2. The Kier molecular flexibility index (Phi) is 9.65. The summed E-state index contributed by atoms with van der Waals surface area (Å²) in [5, 5.41) is 3.60. The van der Waals surface area contributed by atoms with Gasteiger partial charge in [0, 0.05) is 24.5 Å². The molecule has 3 aromatic rings. The molecule has 178 valence electrons. The summed E-state index contributed by atoms with van der Waals surface area (Å²) in [6.07, 6.45) is 2.29. The zero-order chi connectivity index (χ0) is 24.3. The second-order valence-electron chi connectivity index (χ2n) is 8.30. The van der Waals surface area contributed by atoms with Gasteiger partial charge in [-0.2, -0.15) is 0 Å². The number of carbonyl (C=O) groups excluding carboxylic acids is 2. The van der Waals surface area contributed by atoms with E-state index in [2.05, 4.69) is 12.2 Å². The monoisotopic (exact) mass is 480 g/mol. The first-order chi connectivity index (χ1) is 16.5. The van der Waals surface area contributed by atoms with Crippen molar-refractivity contribution in [2.45, 2.75) is 45.2 Å². The van der Waals surface area contributed by atoms with Crippen molar-refractivity contribution in [1.82, 2.24) is 10.2 Å². The predicted molar refractivity (Wildman–Crippen MR) is 134 cm³/mol. The van der Waals surface area contributed by atoms with Crippen LogP contribution in [0.3, 0.4) is 0 Å². The summed E-state index contributed by atoms with van der Waals surface area (Å²) in [4.78, 5) is 28.5. The molecule has 0 saturated carbocycles. The van der Waals surface area contributed by atoms with Gasteiger partial charge in [-0.05, 0) is 47.4 Å². The first kappa shape index (κ1) is 25.4. The van der Waals surface area contributed by atoms with Crippen LogP contribution in [-0.4, -0.2) is 29.3 Å². The molecule has 4 nitrogen and oxygen atoms in total. The van der Waals surface area contributed by atoms with Crippen LogP contribution in [0.1, 0.15) is 36.5 Å². The van der Waals surface area contributed by atoms with Crippen molar-refractivity contribution in [1.29, 1.82) is 0 Å². The lowest BCUT2D eigenvalue weighted by molar-refractivity contribution is -0.140. The van der Waals surface area contributed by atoms with E-state index in [0.29, 0.717) is 23.6 Å². The Hall–Kier alpha value is -3.18. The maximum absolute atomic E-state index is 13.6. The van der Waals surface area contributed by atoms with Crippen molar-refractivity contribution < 1.29 is 14.0 Å². The van der Waals surface area contributed by atoms with Gasteiger partial charge < -0.3 is 10.2 Å². The third kappa shape index (κ3) is 7.70. The van der Waals surface area contributed by atoms with E-state index in [1.165, 1.54) is 12.1 Å². The molecule has 2 amide bonds. The number of nitrogens with one attached hydrogen (secondary N) is 1. The first-order valence-corrected chi connectivity index (χ1v) is 11.9. The fourth-order valence-corrected chi connectivity index (χ4v) is 3.85. The summed E-state index contributed by atoms with van der Waals surface area (Å²) in [6.45, 7) is 2.88. The van der Waals surface area contributed by atoms with Crippen LogP contribution in [0.25, 0.3) is 0 Å². The Labute approximate surface area is 205 Å². The molecule has 0 radical (unpaired) electrons. The van der Waals surface area contributed by atoms with Gasteiger partial charge in [0.2, 0.25) is 11.8 Å². The van der Waals surface area contributed by atoms with Crippen molar-refractivity contribution in [2.75, 3.05) is 6.54 Å². The van der Waals surface area contributed by atoms with Gasteiger partial charge in [-0.15, -0.1) is 0 Å². The highest BCUT2D eigenvalue weighted by Crippen LogP contribution is 2.18. The Morgan fingerprint density at radius 3 is 2.21 bits per heavy atom. The molecule has 0 aromatic heterocycles. The quantitative estimate of drug-likeness (QED) is 0.364. The largest absolute Gasteiger partial charge is 0.354 e. The summed E-state index contributed by atoms with van der Waals surface area (Å²) in [6, 6.07) is 22.1. The Morgan fingerprint density at radius 2 is 1.56 bits per heavy atom. The van der Waals surface area contributed by atoms with Crippen LogP contribution in [-0.2, 0) is 29.0 Å². The van der Waals surface area contributed by atoms with E-state index in [4.69, 9.17) is 11.6 Å². The number of hydrogen-bond donors (Lipinski definition) is 1. The highest BCUT2D eigenvalue weighted by Gasteiger charge is 2.30. The fourth-order valence-electron chi connectivity index (χ4n) is 3.73. The molecule has 34 heavy (non-hydrogen) atoms. The van der Waals surface area contributed by atoms with Gasteiger partial charge in [-0.25, -0.2) is 4.39 Å². The van der Waals surface area contributed by atoms with Crippen LogP contribution in [0.4, 0.5) is 4.39 Å². The van der Waals surface area contributed by atoms with Gasteiger partial charge in [0.25, 0.3) is 0 Å². The second-order valence-corrected chi connectivity index (χ2v) is 8.74. The lowest BCUT2D eigenvalue weighted by Gasteiger charge is -2.31. The maximum Gasteiger partial charge on any atom is 0.243 e. The molecule has 0 saturated heterocycles. The van der Waals surface area contributed by atoms with E-state index < -0.39 is 6.04 Å². The third-order valence-corrected chi connectivity index (χ3v) is 5.89. The molecule has 0 aliphatic rings. The van der Waals surface area contributed by atoms with Gasteiger partial charge in [-0.1, -0.05) is 79.5 Å². The second kappa shape index (κ2) is 12.9. The smallest absolute Gasteiger partial charge is 0.243 e. The number of benzene rings is 3. The molecule has 0 aliphatic carbocycles. The molecule has 0 heterocycles. The highest BCUT2D eigenvalue weighted by atomic mass is 35.5. The van der Waals surface area contributed by atoms with Crippen molar-refractivity contribution >= 4 is 23.4 Å². The molecular formula is C28H30ClFN2O2. The normalized spacial score (nSPS) is 11.6. The summed E-state index contributed by atoms with van der Waals surface area (Å²) in [7, 11) is 0. The molecule has 0 fully saturated rings. The summed E-state index contributed by atoms with van der Waals surface area (Å²) < 4.78 is 13.4. The van der Waals surface area contributed by atoms with Crippen molar-refractivity contribution in [3.05, 3.63) is 106 Å². The highest BCUT2D eigenvalue weighted by molar-refractivity contribution is 6.30. The average molecular weight is 481 g/mol. The van der Waals surface area contributed by atoms with Crippen LogP contribution in [0, 0.1) is 5.82 Å². The lowest BCUT2D eigenvalue weighted by atomic mass is 10.0. The Balaban J connectivity index is 1.92. The minimum Gasteiger partial charge on any atom is -0.354 e. The number of hydrogen-bond acceptors (Lipinski definition) is 2. The molecule has 0 spiro atoms. The van der Waals surface area contributed by atoms with E-state index in [0.717, 1.165) is 24.0 Å². The first-order valence-electron chi connectivity index (χ1n) is 11.6. The van der Waals surface area contributed by atoms with Gasteiger partial charge in [0.1, 0.15) is 11.9 Å². The molecule has 6 heteroatoms. The molecule has 0 unspecified atom stereocenters. The number of amides is 2. The zero-order valence-electron chi connectivity index (χ0n) is 19.3. The van der Waals surface area contributed by atoms with Gasteiger partial charge in [0.15, 0.2) is 0 Å². The molecule has 1 N–H and O–H groups in total. The van der Waals surface area contributed by atoms with E-state index in [-0.39, 0.29) is 30.6 Å². The van der Waals surface area contributed by atoms with Crippen LogP contribution >= 0.6 is 11.6 Å². The molecule has 0 bridgehead atoms. The van der Waals surface area contributed by atoms with Crippen molar-refractivity contribution in [2.24, 2.45) is 0 Å². The Bertz CT molecular complexity index is 1060. The van der Waals surface area contributed by atoms with Crippen LogP contribution in [0.2, 0.25) is 5.02 Å². The number of rotatable bonds is 11. The predicted octanol–water partition coefficient (Wildman–Crippen LogP) is 5.58. The lowest BCUT2D eigenvalue weighted by Crippen LogP contribution is -2.51. The molecule has 0 aliphatic heterocycles. The van der Waals surface area contributed by atoms with E-state index >= 15 is 0 Å². The summed E-state index contributed by atoms with van der Waals surface area (Å²) in [5.41, 5.74) is 2.53. The van der Waals surface area contributed by atoms with Crippen LogP contribution < -0.4 is 5.32 Å². The standard InChI is InChI=1S/C28H30ClFN2O2/c1-2-3-17-31-28(34)26(18-21-7-5-4-6-8-21)32(20-23-9-13-24(29)14-10-23)27(33)19-22-11-15-25(30)16-12-22/h4-16,26H,2-3,17-20H2,1H3,(H,31,34)/t26-/m1/s1. The fraction of sp³-hybridized carbons (Fsp3) is 0.286. The topological polar surface area (TPSA) is 49.4 Å². The molecule has 1 atom stereocenters. The average Bonchev–Trinajstić information content (AvgIpc) is 2.84. The zero-order valence-corrected chi connectivity index (χ0v) is 20.1. The molecular weight excluding hydrogens is 451 g/mol. The molecule has 3 rings (SSSR count). The minimum atomic E-state index is -0.692. The third-order valence-electron chi connectivity index (χ3n) is 5.64. The Morgan fingerprint density at radius 1 is 0.912 bits per heavy atom. The summed E-state index contributed by atoms with van der Waals surface area (Å²) >= 11 is 6.05. The van der Waals surface area contributed by atoms with E-state index in [9.17, 15) is 14.0 Å². The van der Waals surface area contributed by atoms with Crippen LogP contribution in [0.5, 0.6) is 0 Å². The van der Waals surface area contributed by atoms with Crippen molar-refractivity contribution in [3.8, 4) is 0 Å². The maximum atomic E-state index is 13.6. The van der Waals surface area contributed by atoms with E-state index in [1.807, 2.05) is 42.5 Å². The van der Waals surface area contributed by atoms with Crippen molar-refractivity contribution in [3.63, 3.8) is 0 Å². The van der Waals surface area contributed by atoms with Gasteiger partial charge in [-0.3, -0.25) is 9.59 Å². The van der Waals surface area contributed by atoms with E-state index in [1.54, 1.807) is 29.2 Å². The SMILES string of the molecule is CCCCNC(=O)[C@@H](Cc1ccccc1)N(Cc1ccc(Cl)cc1)C(=O)Cc1ccc(F)cc1. The summed E-state index contributed by atoms with van der Waals surface area (Å²) in [5.74, 6) is -0.738.